The van der Waals surface area contributed by atoms with Crippen LogP contribution < -0.4 is 5.73 Å². The van der Waals surface area contributed by atoms with Gasteiger partial charge in [0.25, 0.3) is 0 Å². The first-order chi connectivity index (χ1) is 8.66. The predicted molar refractivity (Wildman–Crippen MR) is 73.8 cm³/mol. The van der Waals surface area contributed by atoms with Crippen LogP contribution in [0.5, 0.6) is 0 Å². The molecule has 0 radical (unpaired) electrons. The molecule has 1 rings (SSSR count). The van der Waals surface area contributed by atoms with Crippen LogP contribution in [0.1, 0.15) is 26.3 Å². The highest BCUT2D eigenvalue weighted by molar-refractivity contribution is 7.89. The molecule has 0 aliphatic carbocycles. The summed E-state index contributed by atoms with van der Waals surface area (Å²) in [6.45, 7) is 7.40. The molecule has 19 heavy (non-hydrogen) atoms. The van der Waals surface area contributed by atoms with E-state index in [9.17, 15) is 12.8 Å². The molecule has 0 spiro atoms. The van der Waals surface area contributed by atoms with E-state index in [0.717, 1.165) is 6.07 Å². The van der Waals surface area contributed by atoms with Gasteiger partial charge in [0.15, 0.2) is 0 Å². The smallest absolute Gasteiger partial charge is 0.243 e. The molecule has 108 valence electrons. The van der Waals surface area contributed by atoms with E-state index < -0.39 is 21.4 Å². The molecular weight excluding hydrogens is 267 g/mol. The van der Waals surface area contributed by atoms with Gasteiger partial charge in [0, 0.05) is 18.6 Å². The van der Waals surface area contributed by atoms with Crippen LogP contribution in [-0.2, 0) is 10.0 Å². The van der Waals surface area contributed by atoms with Crippen LogP contribution in [0.4, 0.5) is 4.39 Å². The Kier molecular flexibility index (Phi) is 4.71. The fourth-order valence-electron chi connectivity index (χ4n) is 2.05. The minimum Gasteiger partial charge on any atom is -0.329 e. The Morgan fingerprint density at radius 3 is 2.37 bits per heavy atom. The average molecular weight is 288 g/mol. The standard InChI is InChI=1S/C13H21FN2O2S/c1-5-16(13(3,4)9-15)19(17,18)12-7-6-11(14)8-10(12)2/h6-8H,5,9,15H2,1-4H3. The van der Waals surface area contributed by atoms with Crippen LogP contribution in [0.2, 0.25) is 0 Å². The number of halogens is 1. The van der Waals surface area contributed by atoms with E-state index in [4.69, 9.17) is 5.73 Å². The summed E-state index contributed by atoms with van der Waals surface area (Å²) >= 11 is 0. The third kappa shape index (κ3) is 3.13. The molecule has 0 aromatic heterocycles. The second-order valence-corrected chi connectivity index (χ2v) is 6.93. The molecule has 0 bridgehead atoms. The van der Waals surface area contributed by atoms with Crippen molar-refractivity contribution in [3.63, 3.8) is 0 Å². The average Bonchev–Trinajstić information content (AvgIpc) is 2.28. The maximum atomic E-state index is 13.1. The van der Waals surface area contributed by atoms with Crippen molar-refractivity contribution < 1.29 is 12.8 Å². The predicted octanol–water partition coefficient (Wildman–Crippen LogP) is 1.88. The number of nitrogens with zero attached hydrogens (tertiary/aromatic N) is 1. The van der Waals surface area contributed by atoms with E-state index >= 15 is 0 Å². The number of nitrogens with two attached hydrogens (primary N) is 1. The summed E-state index contributed by atoms with van der Waals surface area (Å²) in [6.07, 6.45) is 0. The second kappa shape index (κ2) is 5.56. The Morgan fingerprint density at radius 2 is 1.95 bits per heavy atom. The molecular formula is C13H21FN2O2S. The quantitative estimate of drug-likeness (QED) is 0.900. The monoisotopic (exact) mass is 288 g/mol. The van der Waals surface area contributed by atoms with Gasteiger partial charge in [0.2, 0.25) is 10.0 Å². The van der Waals surface area contributed by atoms with Gasteiger partial charge in [0.1, 0.15) is 5.82 Å². The lowest BCUT2D eigenvalue weighted by atomic mass is 10.1. The minimum absolute atomic E-state index is 0.122. The van der Waals surface area contributed by atoms with Gasteiger partial charge >= 0.3 is 0 Å². The summed E-state index contributed by atoms with van der Waals surface area (Å²) < 4.78 is 39.7. The first-order valence-electron chi connectivity index (χ1n) is 6.16. The molecule has 0 heterocycles. The molecule has 1 aromatic carbocycles. The van der Waals surface area contributed by atoms with Gasteiger partial charge in [-0.2, -0.15) is 4.31 Å². The number of aryl methyl sites for hydroxylation is 1. The number of benzene rings is 1. The van der Waals surface area contributed by atoms with Crippen LogP contribution in [-0.4, -0.2) is 31.4 Å². The maximum absolute atomic E-state index is 13.1. The molecule has 0 aliphatic heterocycles. The number of sulfonamides is 1. The molecule has 0 saturated heterocycles. The highest BCUT2D eigenvalue weighted by atomic mass is 32.2. The van der Waals surface area contributed by atoms with Crippen molar-refractivity contribution in [1.29, 1.82) is 0 Å². The Bertz CT molecular complexity index is 556. The van der Waals surface area contributed by atoms with E-state index in [1.807, 2.05) is 0 Å². The number of hydrogen-bond acceptors (Lipinski definition) is 3. The first kappa shape index (κ1) is 16.1. The first-order valence-corrected chi connectivity index (χ1v) is 7.60. The van der Waals surface area contributed by atoms with Gasteiger partial charge in [-0.25, -0.2) is 12.8 Å². The molecule has 0 fully saturated rings. The van der Waals surface area contributed by atoms with Crippen LogP contribution in [0.15, 0.2) is 23.1 Å². The van der Waals surface area contributed by atoms with Crippen molar-refractivity contribution in [2.45, 2.75) is 38.1 Å². The van der Waals surface area contributed by atoms with Gasteiger partial charge in [-0.15, -0.1) is 0 Å². The summed E-state index contributed by atoms with van der Waals surface area (Å²) in [4.78, 5) is 0.122. The van der Waals surface area contributed by atoms with Crippen molar-refractivity contribution in [2.75, 3.05) is 13.1 Å². The number of hydrogen-bond donors (Lipinski definition) is 1. The molecule has 0 aliphatic rings. The van der Waals surface area contributed by atoms with E-state index in [0.29, 0.717) is 12.1 Å². The molecule has 0 unspecified atom stereocenters. The van der Waals surface area contributed by atoms with Crippen LogP contribution in [0, 0.1) is 12.7 Å². The summed E-state index contributed by atoms with van der Waals surface area (Å²) in [5.74, 6) is -0.447. The van der Waals surface area contributed by atoms with Crippen molar-refractivity contribution >= 4 is 10.0 Å². The fraction of sp³-hybridized carbons (Fsp3) is 0.538. The van der Waals surface area contributed by atoms with Gasteiger partial charge in [0.05, 0.1) is 4.90 Å². The van der Waals surface area contributed by atoms with Crippen molar-refractivity contribution in [3.05, 3.63) is 29.6 Å². The minimum atomic E-state index is -3.68. The van der Waals surface area contributed by atoms with E-state index in [-0.39, 0.29) is 11.4 Å². The maximum Gasteiger partial charge on any atom is 0.243 e. The molecule has 1 aromatic rings. The zero-order chi connectivity index (χ0) is 14.8. The van der Waals surface area contributed by atoms with Crippen molar-refractivity contribution in [2.24, 2.45) is 5.73 Å². The highest BCUT2D eigenvalue weighted by Crippen LogP contribution is 2.26. The second-order valence-electron chi connectivity index (χ2n) is 5.10. The molecule has 0 amide bonds. The third-order valence-electron chi connectivity index (χ3n) is 3.17. The summed E-state index contributed by atoms with van der Waals surface area (Å²) in [5, 5.41) is 0. The Balaban J connectivity index is 3.37. The lowest BCUT2D eigenvalue weighted by Crippen LogP contribution is -2.52. The molecule has 2 N–H and O–H groups in total. The van der Waals surface area contributed by atoms with E-state index in [2.05, 4.69) is 0 Å². The Labute approximate surface area is 114 Å². The van der Waals surface area contributed by atoms with E-state index in [1.165, 1.54) is 16.4 Å². The summed E-state index contributed by atoms with van der Waals surface area (Å²) in [7, 11) is -3.68. The summed E-state index contributed by atoms with van der Waals surface area (Å²) in [6, 6.07) is 3.68. The van der Waals surface area contributed by atoms with Crippen molar-refractivity contribution in [3.8, 4) is 0 Å². The lowest BCUT2D eigenvalue weighted by molar-refractivity contribution is 0.244. The number of likely N-dealkylation sites (N-methyl/N-ethyl adjacent to an activating group) is 1. The van der Waals surface area contributed by atoms with Crippen LogP contribution in [0.25, 0.3) is 0 Å². The van der Waals surface area contributed by atoms with E-state index in [1.54, 1.807) is 27.7 Å². The molecule has 6 heteroatoms. The SMILES string of the molecule is CCN(C(C)(C)CN)S(=O)(=O)c1ccc(F)cc1C. The van der Waals surface area contributed by atoms with Crippen LogP contribution >= 0.6 is 0 Å². The van der Waals surface area contributed by atoms with Gasteiger partial charge in [-0.05, 0) is 44.5 Å². The highest BCUT2D eigenvalue weighted by Gasteiger charge is 2.35. The zero-order valence-electron chi connectivity index (χ0n) is 11.8. The van der Waals surface area contributed by atoms with Gasteiger partial charge in [-0.1, -0.05) is 6.92 Å². The Morgan fingerprint density at radius 1 is 1.37 bits per heavy atom. The van der Waals surface area contributed by atoms with Gasteiger partial charge in [-0.3, -0.25) is 0 Å². The lowest BCUT2D eigenvalue weighted by Gasteiger charge is -2.36. The molecule has 0 saturated carbocycles. The summed E-state index contributed by atoms with van der Waals surface area (Å²) in [5.41, 5.74) is 5.36. The van der Waals surface area contributed by atoms with Gasteiger partial charge < -0.3 is 5.73 Å². The molecule has 0 atom stereocenters. The Hall–Kier alpha value is -0.980. The fourth-order valence-corrected chi connectivity index (χ4v) is 4.05. The third-order valence-corrected chi connectivity index (χ3v) is 5.51. The zero-order valence-corrected chi connectivity index (χ0v) is 12.6. The number of rotatable bonds is 5. The largest absolute Gasteiger partial charge is 0.329 e. The van der Waals surface area contributed by atoms with Crippen molar-refractivity contribution in [1.82, 2.24) is 4.31 Å². The van der Waals surface area contributed by atoms with Crippen LogP contribution in [0.3, 0.4) is 0 Å². The topological polar surface area (TPSA) is 63.4 Å². The molecule has 4 nitrogen and oxygen atoms in total. The normalized spacial score (nSPS) is 13.0.